The molecule has 1 fully saturated rings. The van der Waals surface area contributed by atoms with Gasteiger partial charge in [0.15, 0.2) is 5.60 Å². The van der Waals surface area contributed by atoms with E-state index in [1.807, 2.05) is 0 Å². The van der Waals surface area contributed by atoms with Crippen LogP contribution in [0.5, 0.6) is 0 Å². The molecule has 0 spiro atoms. The Morgan fingerprint density at radius 1 is 1.38 bits per heavy atom. The lowest BCUT2D eigenvalue weighted by Gasteiger charge is -2.24. The largest absolute Gasteiger partial charge is 0.454 e. The van der Waals surface area contributed by atoms with Crippen LogP contribution in [0.15, 0.2) is 0 Å². The first-order valence-corrected chi connectivity index (χ1v) is 6.07. The van der Waals surface area contributed by atoms with Gasteiger partial charge in [0.2, 0.25) is 0 Å². The van der Waals surface area contributed by atoms with E-state index in [0.29, 0.717) is 6.42 Å². The van der Waals surface area contributed by atoms with Gasteiger partial charge in [0.1, 0.15) is 6.10 Å². The Balaban J connectivity index is 2.45. The van der Waals surface area contributed by atoms with Crippen molar-refractivity contribution in [2.24, 2.45) is 5.92 Å². The number of carbonyl (C=O) groups is 1. The second-order valence-electron chi connectivity index (χ2n) is 4.79. The number of esters is 1. The van der Waals surface area contributed by atoms with E-state index in [-0.39, 0.29) is 12.6 Å². The summed E-state index contributed by atoms with van der Waals surface area (Å²) in [7, 11) is 0. The van der Waals surface area contributed by atoms with Gasteiger partial charge in [-0.1, -0.05) is 32.6 Å². The molecule has 2 N–H and O–H groups in total. The van der Waals surface area contributed by atoms with Gasteiger partial charge in [-0.05, 0) is 13.3 Å². The minimum Gasteiger partial charge on any atom is -0.454 e. The summed E-state index contributed by atoms with van der Waals surface area (Å²) in [4.78, 5) is 11.5. The fraction of sp³-hybridized carbons (Fsp3) is 0.917. The molecular formula is C12H22O4. The van der Waals surface area contributed by atoms with Gasteiger partial charge in [-0.25, -0.2) is 0 Å². The Kier molecular flexibility index (Phi) is 4.74. The number of aliphatic hydroxyl groups is 2. The number of aliphatic hydroxyl groups excluding tert-OH is 2. The van der Waals surface area contributed by atoms with Gasteiger partial charge in [-0.3, -0.25) is 4.79 Å². The van der Waals surface area contributed by atoms with Crippen LogP contribution in [-0.4, -0.2) is 34.5 Å². The summed E-state index contributed by atoms with van der Waals surface area (Å²) >= 11 is 0. The predicted octanol–water partition coefficient (Wildman–Crippen LogP) is 1.24. The van der Waals surface area contributed by atoms with E-state index in [0.717, 1.165) is 25.7 Å². The van der Waals surface area contributed by atoms with E-state index in [1.54, 1.807) is 6.92 Å². The summed E-state index contributed by atoms with van der Waals surface area (Å²) in [6, 6.07) is 0. The topological polar surface area (TPSA) is 66.8 Å². The molecule has 94 valence electrons. The van der Waals surface area contributed by atoms with E-state index < -0.39 is 17.6 Å². The highest BCUT2D eigenvalue weighted by Crippen LogP contribution is 2.34. The molecule has 1 heterocycles. The highest BCUT2D eigenvalue weighted by molar-refractivity contribution is 5.76. The lowest BCUT2D eigenvalue weighted by molar-refractivity contribution is -0.154. The average Bonchev–Trinajstić information content (AvgIpc) is 2.48. The zero-order valence-corrected chi connectivity index (χ0v) is 10.1. The van der Waals surface area contributed by atoms with Crippen molar-refractivity contribution in [2.45, 2.75) is 57.7 Å². The van der Waals surface area contributed by atoms with Crippen molar-refractivity contribution in [1.82, 2.24) is 0 Å². The summed E-state index contributed by atoms with van der Waals surface area (Å²) in [5.41, 5.74) is -1.10. The zero-order chi connectivity index (χ0) is 12.2. The van der Waals surface area contributed by atoms with Gasteiger partial charge in [0.25, 0.3) is 0 Å². The Morgan fingerprint density at radius 2 is 2.06 bits per heavy atom. The van der Waals surface area contributed by atoms with Gasteiger partial charge in [-0.2, -0.15) is 0 Å². The standard InChI is InChI=1S/C12H22O4/c1-3-4-5-6-7-9-10(14)12(2,8-13)16-11(9)15/h9-10,13-14H,3-8H2,1-2H3/t9-,10-,12?/m1/s1. The molecule has 0 saturated carbocycles. The lowest BCUT2D eigenvalue weighted by atomic mass is 9.89. The fourth-order valence-corrected chi connectivity index (χ4v) is 2.11. The van der Waals surface area contributed by atoms with E-state index in [9.17, 15) is 9.90 Å². The SMILES string of the molecule is CCCCCC[C@H]1C(=O)OC(C)(CO)[C@@H]1O. The lowest BCUT2D eigenvalue weighted by Crippen LogP contribution is -2.41. The van der Waals surface area contributed by atoms with Gasteiger partial charge in [0, 0.05) is 0 Å². The minimum absolute atomic E-state index is 0.328. The monoisotopic (exact) mass is 230 g/mol. The summed E-state index contributed by atoms with van der Waals surface area (Å²) in [6.07, 6.45) is 4.05. The number of ether oxygens (including phenoxy) is 1. The first-order chi connectivity index (χ1) is 7.55. The van der Waals surface area contributed by atoms with Crippen LogP contribution in [0.3, 0.4) is 0 Å². The fourth-order valence-electron chi connectivity index (χ4n) is 2.11. The highest BCUT2D eigenvalue weighted by Gasteiger charge is 2.51. The maximum atomic E-state index is 11.5. The first kappa shape index (κ1) is 13.5. The average molecular weight is 230 g/mol. The number of carbonyl (C=O) groups excluding carboxylic acids is 1. The van der Waals surface area contributed by atoms with Crippen LogP contribution in [-0.2, 0) is 9.53 Å². The van der Waals surface area contributed by atoms with Crippen LogP contribution in [0, 0.1) is 5.92 Å². The number of rotatable bonds is 6. The van der Waals surface area contributed by atoms with Crippen molar-refractivity contribution < 1.29 is 19.7 Å². The van der Waals surface area contributed by atoms with Gasteiger partial charge < -0.3 is 14.9 Å². The van der Waals surface area contributed by atoms with E-state index in [4.69, 9.17) is 9.84 Å². The molecule has 0 radical (unpaired) electrons. The number of hydrogen-bond donors (Lipinski definition) is 2. The molecule has 0 amide bonds. The Labute approximate surface area is 96.6 Å². The minimum atomic E-state index is -1.10. The van der Waals surface area contributed by atoms with Crippen molar-refractivity contribution in [2.75, 3.05) is 6.61 Å². The van der Waals surface area contributed by atoms with Crippen molar-refractivity contribution in [3.8, 4) is 0 Å². The smallest absolute Gasteiger partial charge is 0.312 e. The van der Waals surface area contributed by atoms with Crippen LogP contribution >= 0.6 is 0 Å². The molecular weight excluding hydrogens is 208 g/mol. The molecule has 0 aliphatic carbocycles. The van der Waals surface area contributed by atoms with Gasteiger partial charge >= 0.3 is 5.97 Å². The highest BCUT2D eigenvalue weighted by atomic mass is 16.6. The van der Waals surface area contributed by atoms with Crippen molar-refractivity contribution in [1.29, 1.82) is 0 Å². The molecule has 16 heavy (non-hydrogen) atoms. The molecule has 1 saturated heterocycles. The molecule has 1 unspecified atom stereocenters. The molecule has 0 bridgehead atoms. The molecule has 0 aromatic rings. The quantitative estimate of drug-likeness (QED) is 0.532. The predicted molar refractivity (Wildman–Crippen MR) is 59.8 cm³/mol. The molecule has 1 aliphatic heterocycles. The van der Waals surface area contributed by atoms with E-state index in [1.165, 1.54) is 0 Å². The number of hydrogen-bond acceptors (Lipinski definition) is 4. The summed E-state index contributed by atoms with van der Waals surface area (Å²) in [6.45, 7) is 3.37. The van der Waals surface area contributed by atoms with E-state index >= 15 is 0 Å². The Hall–Kier alpha value is -0.610. The second-order valence-corrected chi connectivity index (χ2v) is 4.79. The Bertz CT molecular complexity index is 241. The summed E-state index contributed by atoms with van der Waals surface area (Å²) in [5, 5.41) is 19.0. The van der Waals surface area contributed by atoms with Gasteiger partial charge in [-0.15, -0.1) is 0 Å². The van der Waals surface area contributed by atoms with Gasteiger partial charge in [0.05, 0.1) is 12.5 Å². The molecule has 0 aromatic carbocycles. The van der Waals surface area contributed by atoms with Crippen LogP contribution in [0.25, 0.3) is 0 Å². The third-order valence-electron chi connectivity index (χ3n) is 3.33. The Morgan fingerprint density at radius 3 is 2.56 bits per heavy atom. The molecule has 1 rings (SSSR count). The summed E-state index contributed by atoms with van der Waals surface area (Å²) < 4.78 is 5.04. The molecule has 0 aromatic heterocycles. The maximum Gasteiger partial charge on any atom is 0.312 e. The number of cyclic esters (lactones) is 1. The normalized spacial score (nSPS) is 34.1. The van der Waals surface area contributed by atoms with Crippen LogP contribution < -0.4 is 0 Å². The zero-order valence-electron chi connectivity index (χ0n) is 10.1. The molecule has 4 nitrogen and oxygen atoms in total. The maximum absolute atomic E-state index is 11.5. The first-order valence-electron chi connectivity index (χ1n) is 6.07. The van der Waals surface area contributed by atoms with Crippen LogP contribution in [0.1, 0.15) is 46.0 Å². The molecule has 4 heteroatoms. The van der Waals surface area contributed by atoms with Crippen molar-refractivity contribution in [3.05, 3.63) is 0 Å². The second kappa shape index (κ2) is 5.64. The van der Waals surface area contributed by atoms with Crippen LogP contribution in [0.2, 0.25) is 0 Å². The van der Waals surface area contributed by atoms with E-state index in [2.05, 4.69) is 6.92 Å². The third kappa shape index (κ3) is 2.74. The van der Waals surface area contributed by atoms with Crippen molar-refractivity contribution in [3.63, 3.8) is 0 Å². The number of unbranched alkanes of at least 4 members (excludes halogenated alkanes) is 3. The van der Waals surface area contributed by atoms with Crippen molar-refractivity contribution >= 4 is 5.97 Å². The molecule has 1 aliphatic rings. The summed E-state index contributed by atoms with van der Waals surface area (Å²) in [5.74, 6) is -0.838. The third-order valence-corrected chi connectivity index (χ3v) is 3.33. The van der Waals surface area contributed by atoms with Crippen LogP contribution in [0.4, 0.5) is 0 Å². The molecule has 3 atom stereocenters.